The molecule has 0 spiro atoms. The number of piperazine rings is 1. The number of nitro benzene ring substituents is 1. The van der Waals surface area contributed by atoms with Crippen LogP contribution in [0.3, 0.4) is 0 Å². The zero-order valence-electron chi connectivity index (χ0n) is 12.8. The van der Waals surface area contributed by atoms with E-state index >= 15 is 0 Å². The van der Waals surface area contributed by atoms with E-state index in [2.05, 4.69) is 10.2 Å². The Hall–Kier alpha value is -2.19. The van der Waals surface area contributed by atoms with Crippen LogP contribution in [-0.2, 0) is 9.53 Å². The number of nitrogens with zero attached hydrogens (tertiary/aromatic N) is 3. The predicted octanol–water partition coefficient (Wildman–Crippen LogP) is 0.232. The van der Waals surface area contributed by atoms with Crippen LogP contribution in [0.25, 0.3) is 0 Å². The summed E-state index contributed by atoms with van der Waals surface area (Å²) in [5.41, 5.74) is 0.907. The normalized spacial score (nSPS) is 22.0. The van der Waals surface area contributed by atoms with Crippen LogP contribution in [0.15, 0.2) is 24.3 Å². The maximum absolute atomic E-state index is 12.4. The minimum Gasteiger partial charge on any atom is -0.368 e. The lowest BCUT2D eigenvalue weighted by molar-refractivity contribution is -0.384. The lowest BCUT2D eigenvalue weighted by atomic mass is 10.2. The molecule has 8 heteroatoms. The number of benzene rings is 1. The van der Waals surface area contributed by atoms with Gasteiger partial charge in [0.2, 0.25) is 0 Å². The molecule has 2 aliphatic rings. The highest BCUT2D eigenvalue weighted by molar-refractivity contribution is 5.81. The van der Waals surface area contributed by atoms with Gasteiger partial charge in [-0.3, -0.25) is 14.9 Å². The smallest absolute Gasteiger partial charge is 0.271 e. The third-order valence-electron chi connectivity index (χ3n) is 4.20. The van der Waals surface area contributed by atoms with Gasteiger partial charge in [-0.2, -0.15) is 0 Å². The van der Waals surface area contributed by atoms with Crippen LogP contribution in [-0.4, -0.2) is 67.7 Å². The first-order chi connectivity index (χ1) is 11.1. The van der Waals surface area contributed by atoms with E-state index in [4.69, 9.17) is 4.74 Å². The average molecular weight is 320 g/mol. The van der Waals surface area contributed by atoms with Crippen molar-refractivity contribution in [3.63, 3.8) is 0 Å². The minimum absolute atomic E-state index is 0.0240. The maximum atomic E-state index is 12.4. The Balaban J connectivity index is 1.58. The van der Waals surface area contributed by atoms with Crippen molar-refractivity contribution in [3.8, 4) is 0 Å². The van der Waals surface area contributed by atoms with Crippen LogP contribution in [0.4, 0.5) is 11.4 Å². The Labute approximate surface area is 134 Å². The van der Waals surface area contributed by atoms with E-state index in [1.54, 1.807) is 12.1 Å². The summed E-state index contributed by atoms with van der Waals surface area (Å²) in [4.78, 5) is 26.7. The average Bonchev–Trinajstić information content (AvgIpc) is 2.62. The van der Waals surface area contributed by atoms with Gasteiger partial charge in [-0.05, 0) is 6.07 Å². The molecule has 8 nitrogen and oxygen atoms in total. The molecule has 1 amide bonds. The molecule has 2 aliphatic heterocycles. The molecular formula is C15H20N4O4. The number of morpholine rings is 1. The summed E-state index contributed by atoms with van der Waals surface area (Å²) in [7, 11) is 0. The standard InChI is InChI=1S/C15H20N4O4/c20-15(14-11-16-4-9-23-14)18-7-5-17(6-8-18)12-2-1-3-13(10-12)19(21)22/h1-3,10,14,16H,4-9,11H2. The third-order valence-corrected chi connectivity index (χ3v) is 4.20. The van der Waals surface area contributed by atoms with Crippen molar-refractivity contribution in [1.29, 1.82) is 0 Å². The molecule has 2 heterocycles. The second-order valence-electron chi connectivity index (χ2n) is 5.65. The van der Waals surface area contributed by atoms with Crippen molar-refractivity contribution in [2.45, 2.75) is 6.10 Å². The number of carbonyl (C=O) groups is 1. The first-order valence-corrected chi connectivity index (χ1v) is 7.75. The van der Waals surface area contributed by atoms with E-state index in [1.165, 1.54) is 6.07 Å². The number of non-ortho nitro benzene ring substituents is 1. The molecule has 0 bridgehead atoms. The van der Waals surface area contributed by atoms with Crippen molar-refractivity contribution >= 4 is 17.3 Å². The van der Waals surface area contributed by atoms with Gasteiger partial charge in [0.05, 0.1) is 11.5 Å². The monoisotopic (exact) mass is 320 g/mol. The fourth-order valence-electron chi connectivity index (χ4n) is 2.92. The molecular weight excluding hydrogens is 300 g/mol. The highest BCUT2D eigenvalue weighted by atomic mass is 16.6. The second kappa shape index (κ2) is 6.93. The van der Waals surface area contributed by atoms with Gasteiger partial charge in [0.25, 0.3) is 11.6 Å². The van der Waals surface area contributed by atoms with Gasteiger partial charge >= 0.3 is 0 Å². The van der Waals surface area contributed by atoms with Gasteiger partial charge in [-0.15, -0.1) is 0 Å². The second-order valence-corrected chi connectivity index (χ2v) is 5.65. The Morgan fingerprint density at radius 3 is 2.74 bits per heavy atom. The number of carbonyl (C=O) groups excluding carboxylic acids is 1. The molecule has 0 saturated carbocycles. The molecule has 1 aromatic rings. The Morgan fingerprint density at radius 2 is 2.09 bits per heavy atom. The molecule has 1 atom stereocenters. The highest BCUT2D eigenvalue weighted by Crippen LogP contribution is 2.22. The number of nitrogens with one attached hydrogen (secondary N) is 1. The van der Waals surface area contributed by atoms with E-state index in [9.17, 15) is 14.9 Å². The van der Waals surface area contributed by atoms with Gasteiger partial charge in [0.1, 0.15) is 6.10 Å². The van der Waals surface area contributed by atoms with E-state index in [-0.39, 0.29) is 11.6 Å². The Morgan fingerprint density at radius 1 is 1.30 bits per heavy atom. The van der Waals surface area contributed by atoms with Crippen molar-refractivity contribution < 1.29 is 14.5 Å². The Kier molecular flexibility index (Phi) is 4.73. The van der Waals surface area contributed by atoms with Gasteiger partial charge in [0, 0.05) is 57.1 Å². The zero-order chi connectivity index (χ0) is 16.2. The van der Waals surface area contributed by atoms with Crippen LogP contribution in [0, 0.1) is 10.1 Å². The molecule has 0 aliphatic carbocycles. The Bertz CT molecular complexity index is 581. The van der Waals surface area contributed by atoms with Crippen LogP contribution in [0.1, 0.15) is 0 Å². The topological polar surface area (TPSA) is 88.0 Å². The molecule has 2 fully saturated rings. The number of ether oxygens (including phenoxy) is 1. The van der Waals surface area contributed by atoms with Crippen LogP contribution >= 0.6 is 0 Å². The van der Waals surface area contributed by atoms with Crippen molar-refractivity contribution in [2.75, 3.05) is 50.8 Å². The molecule has 23 heavy (non-hydrogen) atoms. The zero-order valence-corrected chi connectivity index (χ0v) is 12.8. The highest BCUT2D eigenvalue weighted by Gasteiger charge is 2.29. The molecule has 1 aromatic carbocycles. The summed E-state index contributed by atoms with van der Waals surface area (Å²) in [5.74, 6) is 0.0240. The lowest BCUT2D eigenvalue weighted by Gasteiger charge is -2.38. The van der Waals surface area contributed by atoms with Crippen molar-refractivity contribution in [1.82, 2.24) is 10.2 Å². The van der Waals surface area contributed by atoms with E-state index in [1.807, 2.05) is 11.0 Å². The predicted molar refractivity (Wildman–Crippen MR) is 84.5 cm³/mol. The largest absolute Gasteiger partial charge is 0.368 e. The van der Waals surface area contributed by atoms with Crippen molar-refractivity contribution in [3.05, 3.63) is 34.4 Å². The number of hydrogen-bond donors (Lipinski definition) is 1. The fraction of sp³-hybridized carbons (Fsp3) is 0.533. The van der Waals surface area contributed by atoms with E-state index in [0.717, 1.165) is 12.2 Å². The summed E-state index contributed by atoms with van der Waals surface area (Å²) in [6.45, 7) is 4.42. The van der Waals surface area contributed by atoms with Crippen LogP contribution < -0.4 is 10.2 Å². The van der Waals surface area contributed by atoms with Gasteiger partial charge < -0.3 is 19.9 Å². The van der Waals surface area contributed by atoms with Gasteiger partial charge in [-0.25, -0.2) is 0 Å². The molecule has 1 unspecified atom stereocenters. The maximum Gasteiger partial charge on any atom is 0.271 e. The van der Waals surface area contributed by atoms with E-state index in [0.29, 0.717) is 39.3 Å². The fourth-order valence-corrected chi connectivity index (χ4v) is 2.92. The first kappa shape index (κ1) is 15.7. The summed E-state index contributed by atoms with van der Waals surface area (Å²) in [6.07, 6.45) is -0.395. The minimum atomic E-state index is -0.395. The van der Waals surface area contributed by atoms with Crippen LogP contribution in [0.5, 0.6) is 0 Å². The van der Waals surface area contributed by atoms with Crippen LogP contribution in [0.2, 0.25) is 0 Å². The summed E-state index contributed by atoms with van der Waals surface area (Å²) in [5, 5.41) is 14.0. The molecule has 0 radical (unpaired) electrons. The molecule has 2 saturated heterocycles. The number of anilines is 1. The van der Waals surface area contributed by atoms with Crippen molar-refractivity contribution in [2.24, 2.45) is 0 Å². The quantitative estimate of drug-likeness (QED) is 0.634. The number of rotatable bonds is 3. The SMILES string of the molecule is O=C(C1CNCCO1)N1CCN(c2cccc([N+](=O)[O-])c2)CC1. The number of hydrogen-bond acceptors (Lipinski definition) is 6. The number of amides is 1. The molecule has 124 valence electrons. The summed E-state index contributed by atoms with van der Waals surface area (Å²) in [6, 6.07) is 6.60. The lowest BCUT2D eigenvalue weighted by Crippen LogP contribution is -2.55. The number of nitro groups is 1. The molecule has 0 aromatic heterocycles. The summed E-state index contributed by atoms with van der Waals surface area (Å²) < 4.78 is 5.50. The first-order valence-electron chi connectivity index (χ1n) is 7.75. The molecule has 3 rings (SSSR count). The van der Waals surface area contributed by atoms with Gasteiger partial charge in [-0.1, -0.05) is 6.07 Å². The summed E-state index contributed by atoms with van der Waals surface area (Å²) >= 11 is 0. The van der Waals surface area contributed by atoms with Gasteiger partial charge in [0.15, 0.2) is 0 Å². The van der Waals surface area contributed by atoms with E-state index < -0.39 is 11.0 Å². The third kappa shape index (κ3) is 3.59. The molecule has 1 N–H and O–H groups in total.